The lowest BCUT2D eigenvalue weighted by Crippen LogP contribution is -2.53. The summed E-state index contributed by atoms with van der Waals surface area (Å²) in [4.78, 5) is 25.0. The van der Waals surface area contributed by atoms with E-state index in [1.165, 1.54) is 25.7 Å². The van der Waals surface area contributed by atoms with Crippen molar-refractivity contribution in [1.29, 1.82) is 0 Å². The summed E-state index contributed by atoms with van der Waals surface area (Å²) >= 11 is 0. The van der Waals surface area contributed by atoms with Crippen LogP contribution < -0.4 is 14.8 Å². The second-order valence-corrected chi connectivity index (χ2v) is 8.91. The number of fused-ring (bicyclic) bond motifs is 1. The molecule has 3 heterocycles. The molecule has 2 amide bonds. The molecular formula is C24H25F9N6O3. The molecule has 3 rings (SSSR count). The zero-order valence-corrected chi connectivity index (χ0v) is 22.4. The molecule has 0 spiro atoms. The van der Waals surface area contributed by atoms with E-state index in [0.29, 0.717) is 11.3 Å². The highest BCUT2D eigenvalue weighted by Gasteiger charge is 2.49. The van der Waals surface area contributed by atoms with Gasteiger partial charge in [0.05, 0.1) is 31.8 Å². The lowest BCUT2D eigenvalue weighted by atomic mass is 10.0. The SMILES string of the molecule is CCN(C(=O)NC(CCC(F)(F)F)C(F)(F)F)[C@@H](c1cc(-c2nc(OC)c3nccn3c2C)c(OC)cn1)C(F)(F)F. The van der Waals surface area contributed by atoms with Crippen LogP contribution in [0.25, 0.3) is 16.9 Å². The number of amides is 2. The molecular weight excluding hydrogens is 591 g/mol. The van der Waals surface area contributed by atoms with Crippen LogP contribution in [0, 0.1) is 6.92 Å². The molecule has 2 atom stereocenters. The molecule has 0 radical (unpaired) electrons. The van der Waals surface area contributed by atoms with Gasteiger partial charge in [-0.05, 0) is 26.3 Å². The number of hydrogen-bond donors (Lipinski definition) is 1. The number of carbonyl (C=O) groups is 1. The molecule has 0 saturated heterocycles. The summed E-state index contributed by atoms with van der Waals surface area (Å²) in [6.45, 7) is 1.86. The molecule has 0 saturated carbocycles. The van der Waals surface area contributed by atoms with Crippen molar-refractivity contribution in [2.45, 2.75) is 57.3 Å². The van der Waals surface area contributed by atoms with Crippen LogP contribution in [0.4, 0.5) is 44.3 Å². The molecule has 9 nitrogen and oxygen atoms in total. The van der Waals surface area contributed by atoms with E-state index in [4.69, 9.17) is 9.47 Å². The summed E-state index contributed by atoms with van der Waals surface area (Å²) in [5, 5.41) is 1.28. The number of alkyl halides is 9. The molecule has 3 aromatic heterocycles. The second-order valence-electron chi connectivity index (χ2n) is 8.91. The fraction of sp³-hybridized carbons (Fsp3) is 0.500. The number of halogens is 9. The molecule has 1 N–H and O–H groups in total. The Kier molecular flexibility index (Phi) is 9.36. The average molecular weight is 616 g/mol. The molecule has 3 aromatic rings. The van der Waals surface area contributed by atoms with E-state index in [2.05, 4.69) is 15.0 Å². The molecule has 42 heavy (non-hydrogen) atoms. The number of pyridine rings is 1. The van der Waals surface area contributed by atoms with Gasteiger partial charge in [-0.1, -0.05) is 0 Å². The van der Waals surface area contributed by atoms with Crippen molar-refractivity contribution in [3.05, 3.63) is 36.0 Å². The monoisotopic (exact) mass is 616 g/mol. The van der Waals surface area contributed by atoms with E-state index in [1.807, 2.05) is 0 Å². The Bertz CT molecular complexity index is 1410. The first-order valence-corrected chi connectivity index (χ1v) is 12.1. The molecule has 0 aliphatic carbocycles. The number of carbonyl (C=O) groups excluding carboxylic acids is 1. The van der Waals surface area contributed by atoms with Crippen LogP contribution in [0.5, 0.6) is 11.6 Å². The number of nitrogens with one attached hydrogen (secondary N) is 1. The number of imidazole rings is 1. The molecule has 0 aromatic carbocycles. The van der Waals surface area contributed by atoms with Crippen molar-refractivity contribution in [2.75, 3.05) is 20.8 Å². The Balaban J connectivity index is 2.11. The van der Waals surface area contributed by atoms with Crippen LogP contribution in [0.2, 0.25) is 0 Å². The standard InChI is InChI=1S/C24H25F9N6O3/c1-5-38(21(40)36-16(23(28,29)30)6-7-22(25,26)27)18(24(31,32)33)14-10-13(15(41-3)11-35-14)17-12(2)39-9-8-34-19(39)20(37-17)42-4/h8-11,16,18H,5-7H2,1-4H3,(H,36,40)/t16?,18-/m0/s1. The molecule has 0 aliphatic rings. The Hall–Kier alpha value is -3.99. The summed E-state index contributed by atoms with van der Waals surface area (Å²) in [6.07, 6.45) is -15.3. The maximum atomic E-state index is 14.4. The third kappa shape index (κ3) is 7.07. The summed E-state index contributed by atoms with van der Waals surface area (Å²) in [5.41, 5.74) is -0.0719. The van der Waals surface area contributed by atoms with Gasteiger partial charge in [0.15, 0.2) is 6.04 Å². The van der Waals surface area contributed by atoms with E-state index < -0.39 is 61.7 Å². The third-order valence-electron chi connectivity index (χ3n) is 6.22. The fourth-order valence-corrected chi connectivity index (χ4v) is 4.23. The highest BCUT2D eigenvalue weighted by atomic mass is 19.4. The molecule has 0 fully saturated rings. The van der Waals surface area contributed by atoms with Crippen LogP contribution in [-0.2, 0) is 0 Å². The fourth-order valence-electron chi connectivity index (χ4n) is 4.23. The normalized spacial score (nSPS) is 14.0. The summed E-state index contributed by atoms with van der Waals surface area (Å²) < 4.78 is 133. The van der Waals surface area contributed by atoms with Crippen LogP contribution >= 0.6 is 0 Å². The minimum Gasteiger partial charge on any atom is -0.494 e. The van der Waals surface area contributed by atoms with Crippen LogP contribution in [0.15, 0.2) is 24.7 Å². The second kappa shape index (κ2) is 12.1. The van der Waals surface area contributed by atoms with Gasteiger partial charge in [-0.3, -0.25) is 9.38 Å². The van der Waals surface area contributed by atoms with E-state index in [-0.39, 0.29) is 27.8 Å². The molecule has 1 unspecified atom stereocenters. The first-order valence-electron chi connectivity index (χ1n) is 12.1. The van der Waals surface area contributed by atoms with E-state index in [0.717, 1.165) is 19.2 Å². The summed E-state index contributed by atoms with van der Waals surface area (Å²) in [6, 6.07) is -6.94. The summed E-state index contributed by atoms with van der Waals surface area (Å²) in [5.74, 6) is -0.0198. The quantitative estimate of drug-likeness (QED) is 0.296. The minimum atomic E-state index is -5.37. The minimum absolute atomic E-state index is 0.00481. The lowest BCUT2D eigenvalue weighted by Gasteiger charge is -2.34. The van der Waals surface area contributed by atoms with Crippen molar-refractivity contribution >= 4 is 11.7 Å². The van der Waals surface area contributed by atoms with Crippen molar-refractivity contribution in [2.24, 2.45) is 0 Å². The van der Waals surface area contributed by atoms with E-state index in [1.54, 1.807) is 17.5 Å². The summed E-state index contributed by atoms with van der Waals surface area (Å²) in [7, 11) is 2.51. The number of aromatic nitrogens is 4. The highest BCUT2D eigenvalue weighted by molar-refractivity contribution is 5.76. The van der Waals surface area contributed by atoms with Crippen LogP contribution in [0.1, 0.15) is 37.2 Å². The Morgan fingerprint density at radius 2 is 1.71 bits per heavy atom. The third-order valence-corrected chi connectivity index (χ3v) is 6.22. The van der Waals surface area contributed by atoms with Gasteiger partial charge in [0.1, 0.15) is 11.8 Å². The Morgan fingerprint density at radius 3 is 2.24 bits per heavy atom. The zero-order valence-electron chi connectivity index (χ0n) is 22.4. The Morgan fingerprint density at radius 1 is 1.05 bits per heavy atom. The van der Waals surface area contributed by atoms with E-state index in [9.17, 15) is 44.3 Å². The molecule has 0 bridgehead atoms. The van der Waals surface area contributed by atoms with Gasteiger partial charge < -0.3 is 19.7 Å². The number of aryl methyl sites for hydroxylation is 1. The smallest absolute Gasteiger partial charge is 0.414 e. The van der Waals surface area contributed by atoms with Crippen molar-refractivity contribution in [3.8, 4) is 22.9 Å². The topological polar surface area (TPSA) is 93.9 Å². The van der Waals surface area contributed by atoms with Gasteiger partial charge in [-0.25, -0.2) is 14.8 Å². The maximum Gasteiger partial charge on any atom is 0.414 e. The van der Waals surface area contributed by atoms with Crippen LogP contribution in [0.3, 0.4) is 0 Å². The number of hydrogen-bond acceptors (Lipinski definition) is 6. The number of urea groups is 1. The number of methoxy groups -OCH3 is 2. The van der Waals surface area contributed by atoms with Gasteiger partial charge in [-0.15, -0.1) is 0 Å². The van der Waals surface area contributed by atoms with Crippen molar-refractivity contribution in [1.82, 2.24) is 29.6 Å². The molecule has 18 heteroatoms. The largest absolute Gasteiger partial charge is 0.494 e. The first-order chi connectivity index (χ1) is 19.4. The zero-order chi connectivity index (χ0) is 31.6. The highest BCUT2D eigenvalue weighted by Crippen LogP contribution is 2.41. The van der Waals surface area contributed by atoms with Crippen molar-refractivity contribution in [3.63, 3.8) is 0 Å². The number of ether oxygens (including phenoxy) is 2. The number of nitrogens with zero attached hydrogens (tertiary/aromatic N) is 5. The molecule has 232 valence electrons. The number of rotatable bonds is 9. The van der Waals surface area contributed by atoms with Gasteiger partial charge in [0.25, 0.3) is 5.88 Å². The van der Waals surface area contributed by atoms with Gasteiger partial charge >= 0.3 is 24.6 Å². The Labute approximate surface area is 232 Å². The van der Waals surface area contributed by atoms with Crippen LogP contribution in [-0.4, -0.2) is 75.6 Å². The lowest BCUT2D eigenvalue weighted by molar-refractivity contribution is -0.182. The maximum absolute atomic E-state index is 14.4. The van der Waals surface area contributed by atoms with E-state index >= 15 is 0 Å². The van der Waals surface area contributed by atoms with Gasteiger partial charge in [-0.2, -0.15) is 39.5 Å². The predicted molar refractivity (Wildman–Crippen MR) is 129 cm³/mol. The average Bonchev–Trinajstić information content (AvgIpc) is 3.38. The van der Waals surface area contributed by atoms with Crippen molar-refractivity contribution < 1.29 is 53.8 Å². The first kappa shape index (κ1) is 32.5. The predicted octanol–water partition coefficient (Wildman–Crippen LogP) is 6.03. The molecule has 0 aliphatic heterocycles. The van der Waals surface area contributed by atoms with Gasteiger partial charge in [0.2, 0.25) is 5.65 Å². The van der Waals surface area contributed by atoms with Gasteiger partial charge in [0, 0.05) is 36.6 Å².